The number of rotatable bonds is 5. The van der Waals surface area contributed by atoms with Gasteiger partial charge in [-0.1, -0.05) is 19.1 Å². The van der Waals surface area contributed by atoms with E-state index >= 15 is 4.39 Å². The number of nitrogens with one attached hydrogen (secondary N) is 1. The molecule has 6 nitrogen and oxygen atoms in total. The van der Waals surface area contributed by atoms with Crippen molar-refractivity contribution in [1.82, 2.24) is 9.97 Å². The van der Waals surface area contributed by atoms with Crippen LogP contribution in [0.15, 0.2) is 30.6 Å². The molecule has 1 aromatic carbocycles. The first-order valence-electron chi connectivity index (χ1n) is 9.60. The van der Waals surface area contributed by atoms with Crippen LogP contribution in [-0.2, 0) is 15.7 Å². The molecule has 1 N–H and O–H groups in total. The third kappa shape index (κ3) is 4.20. The predicted octanol–water partition coefficient (Wildman–Crippen LogP) is 3.66. The zero-order valence-corrected chi connectivity index (χ0v) is 16.4. The molecule has 0 spiro atoms. The summed E-state index contributed by atoms with van der Waals surface area (Å²) in [6, 6.07) is 4.37. The summed E-state index contributed by atoms with van der Waals surface area (Å²) < 4.78 is 64.5. The number of aromatic nitrogens is 2. The van der Waals surface area contributed by atoms with Gasteiger partial charge in [-0.15, -0.1) is 0 Å². The van der Waals surface area contributed by atoms with Crippen molar-refractivity contribution >= 4 is 11.6 Å². The third-order valence-corrected chi connectivity index (χ3v) is 5.38. The van der Waals surface area contributed by atoms with Crippen LogP contribution in [0, 0.1) is 11.2 Å². The second kappa shape index (κ2) is 7.99. The van der Waals surface area contributed by atoms with Crippen molar-refractivity contribution < 1.29 is 27.0 Å². The molecule has 0 radical (unpaired) electrons. The maximum Gasteiger partial charge on any atom is 0.416 e. The topological polar surface area (TPSA) is 59.5 Å². The van der Waals surface area contributed by atoms with Gasteiger partial charge >= 0.3 is 6.18 Å². The van der Waals surface area contributed by atoms with Gasteiger partial charge in [-0.2, -0.15) is 17.6 Å². The van der Waals surface area contributed by atoms with Gasteiger partial charge in [0.25, 0.3) is 0 Å². The van der Waals surface area contributed by atoms with Crippen molar-refractivity contribution in [2.75, 3.05) is 49.7 Å². The number of anilines is 2. The van der Waals surface area contributed by atoms with Gasteiger partial charge in [0.1, 0.15) is 6.33 Å². The van der Waals surface area contributed by atoms with E-state index in [2.05, 4.69) is 15.3 Å². The molecule has 2 saturated heterocycles. The fourth-order valence-electron chi connectivity index (χ4n) is 3.56. The number of hydrogen-bond acceptors (Lipinski definition) is 6. The largest absolute Gasteiger partial charge is 0.416 e. The lowest BCUT2D eigenvalue weighted by molar-refractivity contribution is -0.137. The quantitative estimate of drug-likeness (QED) is 0.737. The first-order valence-corrected chi connectivity index (χ1v) is 9.60. The van der Waals surface area contributed by atoms with Crippen LogP contribution in [0.25, 0.3) is 0 Å². The molecule has 0 bridgehead atoms. The Balaban J connectivity index is 1.57. The Bertz CT molecular complexity index is 887. The van der Waals surface area contributed by atoms with Crippen LogP contribution in [0.2, 0.25) is 0 Å². The fourth-order valence-corrected chi connectivity index (χ4v) is 3.56. The molecule has 0 saturated carbocycles. The Morgan fingerprint density at radius 1 is 1.17 bits per heavy atom. The molecule has 4 rings (SSSR count). The van der Waals surface area contributed by atoms with Crippen LogP contribution in [0.5, 0.6) is 0 Å². The van der Waals surface area contributed by atoms with Crippen LogP contribution < -0.4 is 10.2 Å². The molecule has 2 aliphatic heterocycles. The average molecular weight is 426 g/mol. The molecule has 1 aromatic heterocycles. The normalized spacial score (nSPS) is 21.2. The van der Waals surface area contributed by atoms with E-state index in [9.17, 15) is 13.2 Å². The highest BCUT2D eigenvalue weighted by atomic mass is 19.4. The highest BCUT2D eigenvalue weighted by Crippen LogP contribution is 2.35. The first kappa shape index (κ1) is 20.8. The number of nitrogens with zero attached hydrogens (tertiary/aromatic N) is 3. The molecule has 0 amide bonds. The van der Waals surface area contributed by atoms with E-state index in [4.69, 9.17) is 9.47 Å². The summed E-state index contributed by atoms with van der Waals surface area (Å²) in [5.41, 5.74) is -0.212. The SMILES string of the molecule is CC1(CNc2ncnc(N3CCOCC3c3ccc(C(F)(F)F)cc3)c2F)COC1. The van der Waals surface area contributed by atoms with E-state index < -0.39 is 23.6 Å². The summed E-state index contributed by atoms with van der Waals surface area (Å²) in [6.45, 7) is 4.66. The molecule has 1 unspecified atom stereocenters. The molecule has 2 aromatic rings. The van der Waals surface area contributed by atoms with Crippen molar-refractivity contribution in [2.45, 2.75) is 19.1 Å². The number of morpholine rings is 1. The monoisotopic (exact) mass is 426 g/mol. The lowest BCUT2D eigenvalue weighted by atomic mass is 9.89. The van der Waals surface area contributed by atoms with Crippen LogP contribution >= 0.6 is 0 Å². The van der Waals surface area contributed by atoms with E-state index in [0.29, 0.717) is 38.5 Å². The van der Waals surface area contributed by atoms with Gasteiger partial charge in [-0.25, -0.2) is 9.97 Å². The maximum absolute atomic E-state index is 15.2. The van der Waals surface area contributed by atoms with Gasteiger partial charge in [0.05, 0.1) is 38.0 Å². The van der Waals surface area contributed by atoms with Crippen molar-refractivity contribution in [2.24, 2.45) is 5.41 Å². The van der Waals surface area contributed by atoms with E-state index in [1.165, 1.54) is 18.5 Å². The van der Waals surface area contributed by atoms with Crippen molar-refractivity contribution in [3.05, 3.63) is 47.5 Å². The summed E-state index contributed by atoms with van der Waals surface area (Å²) in [5, 5.41) is 3.02. The molecule has 2 aliphatic rings. The number of halogens is 4. The Kier molecular flexibility index (Phi) is 5.54. The van der Waals surface area contributed by atoms with Crippen LogP contribution in [-0.4, -0.2) is 49.5 Å². The van der Waals surface area contributed by atoms with Gasteiger partial charge in [0.15, 0.2) is 11.6 Å². The van der Waals surface area contributed by atoms with Crippen molar-refractivity contribution in [3.8, 4) is 0 Å². The molecule has 10 heteroatoms. The number of benzene rings is 1. The van der Waals surface area contributed by atoms with Crippen molar-refractivity contribution in [3.63, 3.8) is 0 Å². The van der Waals surface area contributed by atoms with Gasteiger partial charge in [-0.05, 0) is 17.7 Å². The van der Waals surface area contributed by atoms with Crippen LogP contribution in [0.1, 0.15) is 24.1 Å². The smallest absolute Gasteiger partial charge is 0.380 e. The molecule has 1 atom stereocenters. The predicted molar refractivity (Wildman–Crippen MR) is 102 cm³/mol. The van der Waals surface area contributed by atoms with Crippen molar-refractivity contribution in [1.29, 1.82) is 0 Å². The van der Waals surface area contributed by atoms with E-state index in [-0.39, 0.29) is 23.7 Å². The summed E-state index contributed by atoms with van der Waals surface area (Å²) in [6.07, 6.45) is -3.14. The van der Waals surface area contributed by atoms with Gasteiger partial charge in [-0.3, -0.25) is 0 Å². The molecule has 0 aliphatic carbocycles. The van der Waals surface area contributed by atoms with Crippen LogP contribution in [0.4, 0.5) is 29.2 Å². The number of alkyl halides is 3. The van der Waals surface area contributed by atoms with Gasteiger partial charge in [0, 0.05) is 18.5 Å². The molecule has 30 heavy (non-hydrogen) atoms. The molecular weight excluding hydrogens is 404 g/mol. The zero-order chi connectivity index (χ0) is 21.4. The Morgan fingerprint density at radius 2 is 1.90 bits per heavy atom. The van der Waals surface area contributed by atoms with E-state index in [1.807, 2.05) is 6.92 Å². The minimum atomic E-state index is -4.41. The Morgan fingerprint density at radius 3 is 2.53 bits per heavy atom. The molecule has 162 valence electrons. The number of ether oxygens (including phenoxy) is 2. The Labute approximate surface area is 171 Å². The second-order valence-electron chi connectivity index (χ2n) is 7.92. The fraction of sp³-hybridized carbons (Fsp3) is 0.500. The maximum atomic E-state index is 15.2. The lowest BCUT2D eigenvalue weighted by Crippen LogP contribution is -2.45. The van der Waals surface area contributed by atoms with E-state index in [0.717, 1.165) is 12.1 Å². The first-order chi connectivity index (χ1) is 14.3. The summed E-state index contributed by atoms with van der Waals surface area (Å²) >= 11 is 0. The molecule has 3 heterocycles. The highest BCUT2D eigenvalue weighted by Gasteiger charge is 2.35. The lowest BCUT2D eigenvalue weighted by Gasteiger charge is -2.38. The standard InChI is InChI=1S/C20H22F4N4O2/c1-19(10-30-11-19)9-25-17-16(21)18(27-12-26-17)28-6-7-29-8-15(28)13-2-4-14(5-3-13)20(22,23)24/h2-5,12,15H,6-11H2,1H3,(H,25,26,27). The minimum Gasteiger partial charge on any atom is -0.380 e. The van der Waals surface area contributed by atoms with E-state index in [1.54, 1.807) is 4.90 Å². The highest BCUT2D eigenvalue weighted by molar-refractivity contribution is 5.53. The summed E-state index contributed by atoms with van der Waals surface area (Å²) in [4.78, 5) is 9.83. The zero-order valence-electron chi connectivity index (χ0n) is 16.4. The summed E-state index contributed by atoms with van der Waals surface area (Å²) in [5.74, 6) is -0.415. The number of hydrogen-bond donors (Lipinski definition) is 1. The average Bonchev–Trinajstić information content (AvgIpc) is 2.71. The van der Waals surface area contributed by atoms with Crippen LogP contribution in [0.3, 0.4) is 0 Å². The van der Waals surface area contributed by atoms with Gasteiger partial charge in [0.2, 0.25) is 5.82 Å². The minimum absolute atomic E-state index is 0.0702. The summed E-state index contributed by atoms with van der Waals surface area (Å²) in [7, 11) is 0. The van der Waals surface area contributed by atoms with Gasteiger partial charge < -0.3 is 19.7 Å². The Hall–Kier alpha value is -2.46. The molecule has 2 fully saturated rings. The second-order valence-corrected chi connectivity index (χ2v) is 7.92. The third-order valence-electron chi connectivity index (χ3n) is 5.38. The molecular formula is C20H22F4N4O2.